The van der Waals surface area contributed by atoms with Gasteiger partial charge < -0.3 is 4.74 Å². The van der Waals surface area contributed by atoms with Gasteiger partial charge in [0.15, 0.2) is 0 Å². The molecule has 29 heavy (non-hydrogen) atoms. The summed E-state index contributed by atoms with van der Waals surface area (Å²) in [5.41, 5.74) is 2.73. The molecule has 1 aliphatic heterocycles. The zero-order valence-electron chi connectivity index (χ0n) is 16.6. The van der Waals surface area contributed by atoms with E-state index in [9.17, 15) is 14.4 Å². The molecule has 2 amide bonds. The molecule has 2 aromatic rings. The van der Waals surface area contributed by atoms with Crippen molar-refractivity contribution in [2.75, 3.05) is 4.90 Å². The number of hydrogen-bond donors (Lipinski definition) is 0. The Morgan fingerprint density at radius 3 is 2.31 bits per heavy atom. The quantitative estimate of drug-likeness (QED) is 0.451. The number of imide groups is 1. The van der Waals surface area contributed by atoms with Crippen LogP contribution in [0.2, 0.25) is 0 Å². The minimum Gasteiger partial charge on any atom is -0.423 e. The van der Waals surface area contributed by atoms with Gasteiger partial charge in [-0.3, -0.25) is 14.5 Å². The molecule has 1 saturated heterocycles. The molecule has 0 aromatic heterocycles. The zero-order valence-corrected chi connectivity index (χ0v) is 16.6. The number of aryl methyl sites for hydroxylation is 1. The molecule has 0 spiro atoms. The van der Waals surface area contributed by atoms with E-state index in [-0.39, 0.29) is 23.7 Å². The van der Waals surface area contributed by atoms with Gasteiger partial charge in [0.25, 0.3) is 0 Å². The van der Waals surface area contributed by atoms with Gasteiger partial charge in [0.1, 0.15) is 5.75 Å². The van der Waals surface area contributed by atoms with E-state index < -0.39 is 5.97 Å². The Balaban J connectivity index is 1.42. The van der Waals surface area contributed by atoms with Crippen molar-refractivity contribution in [2.45, 2.75) is 33.1 Å². The minimum atomic E-state index is -0.500. The van der Waals surface area contributed by atoms with Crippen LogP contribution >= 0.6 is 0 Å². The summed E-state index contributed by atoms with van der Waals surface area (Å²) in [6.45, 7) is 3.87. The highest BCUT2D eigenvalue weighted by atomic mass is 16.5. The monoisotopic (exact) mass is 389 g/mol. The number of esters is 1. The fourth-order valence-corrected chi connectivity index (χ4v) is 5.43. The average molecular weight is 389 g/mol. The van der Waals surface area contributed by atoms with Crippen LogP contribution in [0.15, 0.2) is 42.5 Å². The van der Waals surface area contributed by atoms with E-state index in [0.29, 0.717) is 28.8 Å². The van der Waals surface area contributed by atoms with Crippen LogP contribution in [0.3, 0.4) is 0 Å². The Labute approximate surface area is 169 Å². The van der Waals surface area contributed by atoms with Gasteiger partial charge in [-0.05, 0) is 80.3 Å². The van der Waals surface area contributed by atoms with Crippen molar-refractivity contribution in [1.29, 1.82) is 0 Å². The predicted octanol–water partition coefficient (Wildman–Crippen LogP) is 4.06. The first-order valence-corrected chi connectivity index (χ1v) is 10.2. The van der Waals surface area contributed by atoms with Gasteiger partial charge in [0.2, 0.25) is 11.8 Å². The van der Waals surface area contributed by atoms with Gasteiger partial charge in [-0.15, -0.1) is 0 Å². The molecule has 3 aliphatic rings. The second-order valence-corrected chi connectivity index (χ2v) is 8.53. The predicted molar refractivity (Wildman–Crippen MR) is 108 cm³/mol. The van der Waals surface area contributed by atoms with E-state index in [1.54, 1.807) is 30.3 Å². The van der Waals surface area contributed by atoms with E-state index in [0.717, 1.165) is 30.4 Å². The van der Waals surface area contributed by atoms with E-state index in [4.69, 9.17) is 4.74 Å². The second kappa shape index (κ2) is 6.55. The molecule has 2 aliphatic carbocycles. The summed E-state index contributed by atoms with van der Waals surface area (Å²) >= 11 is 0. The summed E-state index contributed by atoms with van der Waals surface area (Å²) < 4.78 is 5.57. The molecule has 2 aromatic carbocycles. The van der Waals surface area contributed by atoms with Crippen LogP contribution in [0.5, 0.6) is 5.75 Å². The molecule has 5 nitrogen and oxygen atoms in total. The molecule has 0 radical (unpaired) electrons. The van der Waals surface area contributed by atoms with Crippen molar-refractivity contribution in [3.05, 3.63) is 59.2 Å². The fourth-order valence-electron chi connectivity index (χ4n) is 5.43. The van der Waals surface area contributed by atoms with Crippen LogP contribution in [0.25, 0.3) is 0 Å². The third kappa shape index (κ3) is 2.71. The van der Waals surface area contributed by atoms with Gasteiger partial charge in [0.05, 0.1) is 23.1 Å². The lowest BCUT2D eigenvalue weighted by Crippen LogP contribution is -2.32. The Morgan fingerprint density at radius 2 is 1.62 bits per heavy atom. The number of ether oxygens (including phenoxy) is 1. The van der Waals surface area contributed by atoms with E-state index >= 15 is 0 Å². The van der Waals surface area contributed by atoms with E-state index in [2.05, 4.69) is 0 Å². The topological polar surface area (TPSA) is 63.7 Å². The van der Waals surface area contributed by atoms with Crippen LogP contribution < -0.4 is 9.64 Å². The summed E-state index contributed by atoms with van der Waals surface area (Å²) in [6, 6.07) is 12.2. The van der Waals surface area contributed by atoms with Crippen molar-refractivity contribution in [3.8, 4) is 5.75 Å². The molecule has 0 unspecified atom stereocenters. The Bertz CT molecular complexity index is 1010. The molecule has 0 N–H and O–H groups in total. The van der Waals surface area contributed by atoms with Crippen LogP contribution in [0.4, 0.5) is 5.69 Å². The van der Waals surface area contributed by atoms with Gasteiger partial charge >= 0.3 is 5.97 Å². The van der Waals surface area contributed by atoms with Crippen molar-refractivity contribution >= 4 is 23.5 Å². The molecule has 5 rings (SSSR count). The number of anilines is 1. The maximum atomic E-state index is 13.0. The molecule has 2 saturated carbocycles. The highest BCUT2D eigenvalue weighted by molar-refractivity contribution is 6.22. The summed E-state index contributed by atoms with van der Waals surface area (Å²) in [4.78, 5) is 40.1. The Morgan fingerprint density at radius 1 is 0.966 bits per heavy atom. The molecular weight excluding hydrogens is 366 g/mol. The standard InChI is InChI=1S/C24H23NO4/c1-13-5-3-8-19(14(13)2)29-24(28)17-6-4-7-18(12-17)25-22(26)20-15-9-10-16(11-15)21(20)23(25)27/h3-8,12,15-16,20-21H,9-11H2,1-2H3/t15-,16+,20+,21-. The number of carbonyl (C=O) groups excluding carboxylic acids is 3. The molecule has 148 valence electrons. The first-order valence-electron chi connectivity index (χ1n) is 10.2. The van der Waals surface area contributed by atoms with E-state index in [1.165, 1.54) is 4.90 Å². The molecule has 2 bridgehead atoms. The third-order valence-electron chi connectivity index (χ3n) is 7.03. The zero-order chi connectivity index (χ0) is 20.3. The largest absolute Gasteiger partial charge is 0.423 e. The first-order chi connectivity index (χ1) is 14.0. The van der Waals surface area contributed by atoms with Crippen LogP contribution in [0.1, 0.15) is 40.7 Å². The highest BCUT2D eigenvalue weighted by Crippen LogP contribution is 2.56. The van der Waals surface area contributed by atoms with Gasteiger partial charge in [-0.25, -0.2) is 4.79 Å². The number of carbonyl (C=O) groups is 3. The number of nitrogens with zero attached hydrogens (tertiary/aromatic N) is 1. The lowest BCUT2D eigenvalue weighted by Gasteiger charge is -2.19. The maximum Gasteiger partial charge on any atom is 0.343 e. The number of fused-ring (bicyclic) bond motifs is 5. The molecular formula is C24H23NO4. The lowest BCUT2D eigenvalue weighted by molar-refractivity contribution is -0.123. The number of amides is 2. The highest BCUT2D eigenvalue weighted by Gasteiger charge is 2.61. The summed E-state index contributed by atoms with van der Waals surface area (Å²) in [5, 5.41) is 0. The van der Waals surface area contributed by atoms with Crippen molar-refractivity contribution in [1.82, 2.24) is 0 Å². The second-order valence-electron chi connectivity index (χ2n) is 8.53. The maximum absolute atomic E-state index is 13.0. The number of benzene rings is 2. The molecule has 3 fully saturated rings. The van der Waals surface area contributed by atoms with Crippen molar-refractivity contribution < 1.29 is 19.1 Å². The number of rotatable bonds is 3. The summed E-state index contributed by atoms with van der Waals surface area (Å²) in [7, 11) is 0. The van der Waals surface area contributed by atoms with E-state index in [1.807, 2.05) is 26.0 Å². The molecule has 1 heterocycles. The SMILES string of the molecule is Cc1cccc(OC(=O)c2cccc(N3C(=O)[C@@H]4[C@H]5CC[C@H](C5)[C@@H]4C3=O)c2)c1C. The first kappa shape index (κ1) is 18.1. The minimum absolute atomic E-state index is 0.104. The van der Waals surface area contributed by atoms with Gasteiger partial charge in [-0.1, -0.05) is 18.2 Å². The average Bonchev–Trinajstić information content (AvgIpc) is 3.39. The normalized spacial score (nSPS) is 27.4. The van der Waals surface area contributed by atoms with Gasteiger partial charge in [0, 0.05) is 0 Å². The van der Waals surface area contributed by atoms with Crippen LogP contribution in [0, 0.1) is 37.5 Å². The summed E-state index contributed by atoms with van der Waals surface area (Å²) in [5.74, 6) is 0.130. The van der Waals surface area contributed by atoms with Crippen molar-refractivity contribution in [2.24, 2.45) is 23.7 Å². The van der Waals surface area contributed by atoms with Crippen LogP contribution in [-0.2, 0) is 9.59 Å². The fraction of sp³-hybridized carbons (Fsp3) is 0.375. The summed E-state index contributed by atoms with van der Waals surface area (Å²) in [6.07, 6.45) is 3.09. The smallest absolute Gasteiger partial charge is 0.343 e. The molecule has 5 heteroatoms. The lowest BCUT2D eigenvalue weighted by atomic mass is 9.81. The molecule has 4 atom stereocenters. The Hall–Kier alpha value is -2.95. The third-order valence-corrected chi connectivity index (χ3v) is 7.03. The van der Waals surface area contributed by atoms with Crippen molar-refractivity contribution in [3.63, 3.8) is 0 Å². The van der Waals surface area contributed by atoms with Crippen LogP contribution in [-0.4, -0.2) is 17.8 Å². The Kier molecular flexibility index (Phi) is 4.09. The number of hydrogen-bond acceptors (Lipinski definition) is 4. The van der Waals surface area contributed by atoms with Gasteiger partial charge in [-0.2, -0.15) is 0 Å².